The summed E-state index contributed by atoms with van der Waals surface area (Å²) in [5.41, 5.74) is 3.32. The molecule has 1 N–H and O–H groups in total. The fourth-order valence-corrected chi connectivity index (χ4v) is 4.16. The van der Waals surface area contributed by atoms with Crippen molar-refractivity contribution in [1.82, 2.24) is 19.2 Å². The molecule has 3 heterocycles. The van der Waals surface area contributed by atoms with E-state index in [-0.39, 0.29) is 18.1 Å². The van der Waals surface area contributed by atoms with E-state index < -0.39 is 0 Å². The molecule has 0 unspecified atom stereocenters. The smallest absolute Gasteiger partial charge is 0.351 e. The third kappa shape index (κ3) is 3.65. The van der Waals surface area contributed by atoms with Gasteiger partial charge in [-0.2, -0.15) is 0 Å². The van der Waals surface area contributed by atoms with Crippen molar-refractivity contribution in [3.8, 4) is 0 Å². The normalized spacial score (nSPS) is 14.3. The first kappa shape index (κ1) is 19.3. The number of carbonyl (C=O) groups is 1. The molecule has 2 aromatic heterocycles. The molecule has 2 aromatic carbocycles. The molecule has 1 amide bonds. The number of amides is 1. The molecular formula is C23H24N6O2. The molecule has 1 aliphatic heterocycles. The summed E-state index contributed by atoms with van der Waals surface area (Å²) in [6, 6.07) is 15.1. The molecule has 1 aliphatic rings. The second-order valence-corrected chi connectivity index (χ2v) is 7.99. The number of nitrogens with one attached hydrogen (secondary N) is 1. The number of fused-ring (bicyclic) bond motifs is 3. The number of hydrogen-bond acceptors (Lipinski definition) is 5. The lowest BCUT2D eigenvalue weighted by molar-refractivity contribution is -0.117. The highest BCUT2D eigenvalue weighted by Crippen LogP contribution is 2.25. The van der Waals surface area contributed by atoms with Crippen LogP contribution >= 0.6 is 0 Å². The van der Waals surface area contributed by atoms with E-state index in [2.05, 4.69) is 15.3 Å². The number of aromatic nitrogens is 4. The van der Waals surface area contributed by atoms with Gasteiger partial charge >= 0.3 is 5.69 Å². The largest absolute Gasteiger partial charge is 0.353 e. The number of hydrogen-bond donors (Lipinski definition) is 1. The quantitative estimate of drug-likeness (QED) is 0.553. The Morgan fingerprint density at radius 3 is 2.68 bits per heavy atom. The van der Waals surface area contributed by atoms with E-state index >= 15 is 0 Å². The Morgan fingerprint density at radius 2 is 1.87 bits per heavy atom. The Morgan fingerprint density at radius 1 is 1.06 bits per heavy atom. The fraction of sp³-hybridized carbons (Fsp3) is 0.304. The average molecular weight is 416 g/mol. The van der Waals surface area contributed by atoms with Crippen LogP contribution in [0.2, 0.25) is 0 Å². The molecule has 8 nitrogen and oxygen atoms in total. The monoisotopic (exact) mass is 416 g/mol. The van der Waals surface area contributed by atoms with E-state index in [0.717, 1.165) is 37.0 Å². The lowest BCUT2D eigenvalue weighted by atomic mass is 10.1. The van der Waals surface area contributed by atoms with Crippen LogP contribution in [0.25, 0.3) is 16.7 Å². The van der Waals surface area contributed by atoms with Gasteiger partial charge in [0.15, 0.2) is 5.82 Å². The van der Waals surface area contributed by atoms with Crippen molar-refractivity contribution in [3.05, 3.63) is 64.6 Å². The molecule has 0 saturated carbocycles. The summed E-state index contributed by atoms with van der Waals surface area (Å²) in [6.07, 6.45) is 3.37. The molecule has 0 aliphatic carbocycles. The zero-order valence-corrected chi connectivity index (χ0v) is 17.4. The van der Waals surface area contributed by atoms with Gasteiger partial charge in [-0.25, -0.2) is 18.9 Å². The molecule has 5 rings (SSSR count). The predicted octanol–water partition coefficient (Wildman–Crippen LogP) is 2.98. The number of rotatable bonds is 4. The minimum atomic E-state index is -0.341. The van der Waals surface area contributed by atoms with E-state index in [9.17, 15) is 9.59 Å². The molecule has 4 aromatic rings. The van der Waals surface area contributed by atoms with Gasteiger partial charge in [0.05, 0.1) is 11.0 Å². The summed E-state index contributed by atoms with van der Waals surface area (Å²) in [5, 5.41) is 7.38. The van der Waals surface area contributed by atoms with E-state index in [1.165, 1.54) is 11.1 Å². The van der Waals surface area contributed by atoms with Gasteiger partial charge in [-0.3, -0.25) is 4.79 Å². The summed E-state index contributed by atoms with van der Waals surface area (Å²) in [4.78, 5) is 32.9. The van der Waals surface area contributed by atoms with E-state index in [0.29, 0.717) is 22.7 Å². The summed E-state index contributed by atoms with van der Waals surface area (Å²) in [6.45, 7) is 3.57. The van der Waals surface area contributed by atoms with Crippen LogP contribution in [0.1, 0.15) is 24.8 Å². The zero-order chi connectivity index (χ0) is 21.4. The second-order valence-electron chi connectivity index (χ2n) is 7.99. The van der Waals surface area contributed by atoms with E-state index in [1.54, 1.807) is 4.40 Å². The molecule has 31 heavy (non-hydrogen) atoms. The first-order valence-corrected chi connectivity index (χ1v) is 10.6. The van der Waals surface area contributed by atoms with E-state index in [4.69, 9.17) is 4.98 Å². The summed E-state index contributed by atoms with van der Waals surface area (Å²) in [7, 11) is 0. The maximum absolute atomic E-state index is 13.3. The Labute approximate surface area is 179 Å². The molecule has 0 radical (unpaired) electrons. The molecule has 8 heteroatoms. The van der Waals surface area contributed by atoms with Crippen LogP contribution in [0.5, 0.6) is 0 Å². The second kappa shape index (κ2) is 7.86. The Hall–Kier alpha value is -3.68. The number of piperidine rings is 1. The van der Waals surface area contributed by atoms with Crippen molar-refractivity contribution in [1.29, 1.82) is 0 Å². The van der Waals surface area contributed by atoms with Gasteiger partial charge in [0.2, 0.25) is 11.6 Å². The Kier molecular flexibility index (Phi) is 4.89. The van der Waals surface area contributed by atoms with Crippen molar-refractivity contribution in [2.75, 3.05) is 23.3 Å². The van der Waals surface area contributed by atoms with Crippen molar-refractivity contribution in [2.45, 2.75) is 32.7 Å². The molecule has 1 saturated heterocycles. The van der Waals surface area contributed by atoms with Gasteiger partial charge < -0.3 is 10.2 Å². The topological polar surface area (TPSA) is 84.5 Å². The van der Waals surface area contributed by atoms with Crippen molar-refractivity contribution < 1.29 is 4.79 Å². The third-order valence-electron chi connectivity index (χ3n) is 5.64. The highest BCUT2D eigenvalue weighted by Gasteiger charge is 2.22. The highest BCUT2D eigenvalue weighted by molar-refractivity contribution is 5.90. The van der Waals surface area contributed by atoms with Crippen LogP contribution in [0, 0.1) is 6.92 Å². The number of benzene rings is 2. The van der Waals surface area contributed by atoms with Crippen LogP contribution in [-0.4, -0.2) is 38.2 Å². The summed E-state index contributed by atoms with van der Waals surface area (Å²) in [5.74, 6) is 0.404. The Bertz CT molecular complexity index is 1330. The molecule has 1 fully saturated rings. The summed E-state index contributed by atoms with van der Waals surface area (Å²) >= 11 is 0. The number of anilines is 2. The van der Waals surface area contributed by atoms with Gasteiger partial charge in [0, 0.05) is 18.8 Å². The van der Waals surface area contributed by atoms with Crippen molar-refractivity contribution in [2.24, 2.45) is 0 Å². The standard InChI is InChI=1S/C23H24N6O2/c1-16-8-7-9-17(14-16)24-20(30)15-28-23(31)29-19-11-4-3-10-18(19)25-21(22(29)26-28)27-12-5-2-6-13-27/h3-4,7-11,14H,2,5-6,12-13,15H2,1H3,(H,24,30). The molecular weight excluding hydrogens is 392 g/mol. The number of aryl methyl sites for hydroxylation is 1. The van der Waals surface area contributed by atoms with Gasteiger partial charge in [-0.05, 0) is 56.0 Å². The Balaban J connectivity index is 1.56. The molecule has 158 valence electrons. The maximum atomic E-state index is 13.3. The van der Waals surface area contributed by atoms with E-state index in [1.807, 2.05) is 55.5 Å². The number of para-hydroxylation sites is 2. The maximum Gasteiger partial charge on any atom is 0.351 e. The lowest BCUT2D eigenvalue weighted by Crippen LogP contribution is -2.31. The molecule has 0 bridgehead atoms. The third-order valence-corrected chi connectivity index (χ3v) is 5.64. The average Bonchev–Trinajstić information content (AvgIpc) is 3.10. The van der Waals surface area contributed by atoms with Gasteiger partial charge in [0.1, 0.15) is 6.54 Å². The lowest BCUT2D eigenvalue weighted by Gasteiger charge is -2.27. The van der Waals surface area contributed by atoms with Crippen molar-refractivity contribution >= 4 is 34.1 Å². The van der Waals surface area contributed by atoms with Gasteiger partial charge in [-0.1, -0.05) is 24.3 Å². The zero-order valence-electron chi connectivity index (χ0n) is 17.4. The number of carbonyl (C=O) groups excluding carboxylic acids is 1. The first-order valence-electron chi connectivity index (χ1n) is 10.6. The highest BCUT2D eigenvalue weighted by atomic mass is 16.2. The summed E-state index contributed by atoms with van der Waals surface area (Å²) < 4.78 is 2.80. The van der Waals surface area contributed by atoms with Gasteiger partial charge in [0.25, 0.3) is 0 Å². The molecule has 0 spiro atoms. The van der Waals surface area contributed by atoms with Crippen LogP contribution in [-0.2, 0) is 11.3 Å². The SMILES string of the molecule is Cc1cccc(NC(=O)Cn2nc3c(N4CCCCC4)nc4ccccc4n3c2=O)c1. The first-order chi connectivity index (χ1) is 15.1. The minimum Gasteiger partial charge on any atom is -0.353 e. The molecule has 0 atom stereocenters. The predicted molar refractivity (Wildman–Crippen MR) is 121 cm³/mol. The van der Waals surface area contributed by atoms with Crippen molar-refractivity contribution in [3.63, 3.8) is 0 Å². The number of nitrogens with zero attached hydrogens (tertiary/aromatic N) is 5. The van der Waals surface area contributed by atoms with Crippen LogP contribution < -0.4 is 15.9 Å². The van der Waals surface area contributed by atoms with Gasteiger partial charge in [-0.15, -0.1) is 5.10 Å². The fourth-order valence-electron chi connectivity index (χ4n) is 4.16. The minimum absolute atomic E-state index is 0.164. The van der Waals surface area contributed by atoms with Crippen LogP contribution in [0.3, 0.4) is 0 Å². The van der Waals surface area contributed by atoms with Crippen LogP contribution in [0.15, 0.2) is 53.3 Å². The van der Waals surface area contributed by atoms with Crippen LogP contribution in [0.4, 0.5) is 11.5 Å².